The molecule has 1 aromatic carbocycles. The van der Waals surface area contributed by atoms with Crippen LogP contribution < -0.4 is 15.4 Å². The molecule has 0 amide bonds. The van der Waals surface area contributed by atoms with Crippen molar-refractivity contribution in [3.05, 3.63) is 30.3 Å². The summed E-state index contributed by atoms with van der Waals surface area (Å²) in [6.07, 6.45) is 0.929. The first-order valence-corrected chi connectivity index (χ1v) is 9.31. The summed E-state index contributed by atoms with van der Waals surface area (Å²) >= 11 is 0. The zero-order chi connectivity index (χ0) is 17.7. The van der Waals surface area contributed by atoms with E-state index < -0.39 is 0 Å². The molecule has 1 aliphatic heterocycles. The molecule has 0 radical (unpaired) electrons. The Kier molecular flexibility index (Phi) is 12.4. The minimum Gasteiger partial charge on any atom is -0.494 e. The number of hydrogen-bond acceptors (Lipinski definition) is 4. The first-order valence-electron chi connectivity index (χ1n) is 9.31. The van der Waals surface area contributed by atoms with E-state index in [0.29, 0.717) is 12.6 Å². The molecule has 0 bridgehead atoms. The molecule has 1 fully saturated rings. The monoisotopic (exact) mass is 476 g/mol. The van der Waals surface area contributed by atoms with Gasteiger partial charge in [0.2, 0.25) is 0 Å². The molecular formula is C19H33IN4O2. The van der Waals surface area contributed by atoms with Gasteiger partial charge in [0.1, 0.15) is 5.75 Å². The molecule has 26 heavy (non-hydrogen) atoms. The molecule has 0 aromatic heterocycles. The van der Waals surface area contributed by atoms with E-state index in [9.17, 15) is 0 Å². The van der Waals surface area contributed by atoms with Gasteiger partial charge in [0, 0.05) is 32.2 Å². The number of benzene rings is 1. The number of para-hydroxylation sites is 1. The van der Waals surface area contributed by atoms with Gasteiger partial charge < -0.3 is 20.1 Å². The molecule has 6 nitrogen and oxygen atoms in total. The van der Waals surface area contributed by atoms with Crippen LogP contribution in [0.15, 0.2) is 35.3 Å². The Morgan fingerprint density at radius 3 is 2.65 bits per heavy atom. The van der Waals surface area contributed by atoms with E-state index in [0.717, 1.165) is 64.1 Å². The number of morpholine rings is 1. The maximum Gasteiger partial charge on any atom is 0.191 e. The average molecular weight is 476 g/mol. The molecule has 2 N–H and O–H groups in total. The summed E-state index contributed by atoms with van der Waals surface area (Å²) in [6.45, 7) is 11.1. The predicted octanol–water partition coefficient (Wildman–Crippen LogP) is 2.35. The molecular weight excluding hydrogens is 443 g/mol. The third kappa shape index (κ3) is 9.05. The highest BCUT2D eigenvalue weighted by Crippen LogP contribution is 2.08. The Morgan fingerprint density at radius 1 is 1.23 bits per heavy atom. The van der Waals surface area contributed by atoms with Crippen LogP contribution in [0.1, 0.15) is 20.3 Å². The molecule has 148 valence electrons. The second-order valence-corrected chi connectivity index (χ2v) is 6.16. The van der Waals surface area contributed by atoms with Crippen molar-refractivity contribution < 1.29 is 9.47 Å². The van der Waals surface area contributed by atoms with Crippen molar-refractivity contribution in [1.82, 2.24) is 15.5 Å². The quantitative estimate of drug-likeness (QED) is 0.248. The number of ether oxygens (including phenoxy) is 2. The summed E-state index contributed by atoms with van der Waals surface area (Å²) in [4.78, 5) is 7.15. The van der Waals surface area contributed by atoms with Crippen LogP contribution in [0.25, 0.3) is 0 Å². The van der Waals surface area contributed by atoms with E-state index in [1.165, 1.54) is 0 Å². The third-order valence-electron chi connectivity index (χ3n) is 4.15. The van der Waals surface area contributed by atoms with Gasteiger partial charge in [0.15, 0.2) is 5.96 Å². The van der Waals surface area contributed by atoms with Crippen LogP contribution in [0.4, 0.5) is 0 Å². The van der Waals surface area contributed by atoms with Crippen LogP contribution in [-0.4, -0.2) is 69.4 Å². The zero-order valence-corrected chi connectivity index (χ0v) is 18.3. The Hall–Kier alpha value is -1.06. The Morgan fingerprint density at radius 2 is 1.96 bits per heavy atom. The number of nitrogens with zero attached hydrogens (tertiary/aromatic N) is 2. The lowest BCUT2D eigenvalue weighted by Gasteiger charge is -2.31. The third-order valence-corrected chi connectivity index (χ3v) is 4.15. The lowest BCUT2D eigenvalue weighted by molar-refractivity contribution is 0.0220. The van der Waals surface area contributed by atoms with E-state index in [1.54, 1.807) is 0 Å². The van der Waals surface area contributed by atoms with Crippen molar-refractivity contribution in [3.63, 3.8) is 0 Å². The van der Waals surface area contributed by atoms with E-state index in [1.807, 2.05) is 30.3 Å². The maximum atomic E-state index is 5.71. The van der Waals surface area contributed by atoms with Crippen LogP contribution >= 0.6 is 24.0 Å². The first kappa shape index (κ1) is 23.0. The zero-order valence-electron chi connectivity index (χ0n) is 15.9. The Balaban J connectivity index is 0.00000338. The highest BCUT2D eigenvalue weighted by atomic mass is 127. The molecule has 7 heteroatoms. The number of nitrogens with one attached hydrogen (secondary N) is 2. The molecule has 1 aromatic rings. The van der Waals surface area contributed by atoms with Gasteiger partial charge in [-0.25, -0.2) is 0 Å². The molecule has 1 aliphatic rings. The highest BCUT2D eigenvalue weighted by Gasteiger charge is 2.16. The minimum atomic E-state index is 0. The minimum absolute atomic E-state index is 0. The van der Waals surface area contributed by atoms with E-state index in [4.69, 9.17) is 14.5 Å². The Bertz CT molecular complexity index is 496. The maximum absolute atomic E-state index is 5.71. The van der Waals surface area contributed by atoms with Crippen molar-refractivity contribution in [3.8, 4) is 5.75 Å². The molecule has 2 rings (SSSR count). The summed E-state index contributed by atoms with van der Waals surface area (Å²) in [5.74, 6) is 1.80. The number of guanidine groups is 1. The lowest BCUT2D eigenvalue weighted by atomic mass is 10.2. The van der Waals surface area contributed by atoms with Crippen LogP contribution in [0.2, 0.25) is 0 Å². The summed E-state index contributed by atoms with van der Waals surface area (Å²) in [5.41, 5.74) is 0. The molecule has 0 spiro atoms. The standard InChI is InChI=1S/C19H32N4O2.HI/c1-3-20-19(22-16-17(2)23-11-14-24-15-12-23)21-10-7-13-25-18-8-5-4-6-9-18;/h4-6,8-9,17H,3,7,10-16H2,1-2H3,(H2,20,21,22);1H. The largest absolute Gasteiger partial charge is 0.494 e. The molecule has 0 aliphatic carbocycles. The van der Waals surface area contributed by atoms with Gasteiger partial charge >= 0.3 is 0 Å². The number of aliphatic imine (C=N–C) groups is 1. The molecule has 1 atom stereocenters. The average Bonchev–Trinajstić information content (AvgIpc) is 2.67. The van der Waals surface area contributed by atoms with Crippen molar-refractivity contribution in [1.29, 1.82) is 0 Å². The molecule has 1 saturated heterocycles. The molecule has 1 unspecified atom stereocenters. The fourth-order valence-corrected chi connectivity index (χ4v) is 2.68. The fourth-order valence-electron chi connectivity index (χ4n) is 2.68. The molecule has 0 saturated carbocycles. The smallest absolute Gasteiger partial charge is 0.191 e. The fraction of sp³-hybridized carbons (Fsp3) is 0.632. The Labute approximate surface area is 174 Å². The van der Waals surface area contributed by atoms with E-state index >= 15 is 0 Å². The van der Waals surface area contributed by atoms with Crippen molar-refractivity contribution >= 4 is 29.9 Å². The number of hydrogen-bond donors (Lipinski definition) is 2. The molecule has 1 heterocycles. The second-order valence-electron chi connectivity index (χ2n) is 6.16. The van der Waals surface area contributed by atoms with Gasteiger partial charge in [0.05, 0.1) is 26.4 Å². The number of halogens is 1. The van der Waals surface area contributed by atoms with Gasteiger partial charge in [-0.2, -0.15) is 0 Å². The second kappa shape index (κ2) is 14.1. The summed E-state index contributed by atoms with van der Waals surface area (Å²) < 4.78 is 11.1. The van der Waals surface area contributed by atoms with E-state index in [2.05, 4.69) is 29.4 Å². The summed E-state index contributed by atoms with van der Waals surface area (Å²) in [5, 5.41) is 6.69. The van der Waals surface area contributed by atoms with Gasteiger partial charge in [0.25, 0.3) is 0 Å². The van der Waals surface area contributed by atoms with Crippen LogP contribution in [0.5, 0.6) is 5.75 Å². The van der Waals surface area contributed by atoms with Gasteiger partial charge in [-0.05, 0) is 32.4 Å². The van der Waals surface area contributed by atoms with Crippen LogP contribution in [-0.2, 0) is 4.74 Å². The highest BCUT2D eigenvalue weighted by molar-refractivity contribution is 14.0. The van der Waals surface area contributed by atoms with Gasteiger partial charge in [-0.1, -0.05) is 18.2 Å². The normalized spacial score (nSPS) is 16.5. The number of rotatable bonds is 9. The summed E-state index contributed by atoms with van der Waals surface area (Å²) in [7, 11) is 0. The van der Waals surface area contributed by atoms with Gasteiger partial charge in [-0.3, -0.25) is 9.89 Å². The SMILES string of the molecule is CCNC(=NCC(C)N1CCOCC1)NCCCOc1ccccc1.I. The first-order chi connectivity index (χ1) is 12.3. The summed E-state index contributed by atoms with van der Waals surface area (Å²) in [6, 6.07) is 10.3. The van der Waals surface area contributed by atoms with Crippen molar-refractivity contribution in [2.24, 2.45) is 4.99 Å². The van der Waals surface area contributed by atoms with Crippen molar-refractivity contribution in [2.45, 2.75) is 26.3 Å². The van der Waals surface area contributed by atoms with Gasteiger partial charge in [-0.15, -0.1) is 24.0 Å². The van der Waals surface area contributed by atoms with Crippen LogP contribution in [0.3, 0.4) is 0 Å². The van der Waals surface area contributed by atoms with Crippen LogP contribution in [0, 0.1) is 0 Å². The predicted molar refractivity (Wildman–Crippen MR) is 118 cm³/mol. The van der Waals surface area contributed by atoms with Crippen molar-refractivity contribution in [2.75, 3.05) is 52.5 Å². The topological polar surface area (TPSA) is 58.1 Å². The van der Waals surface area contributed by atoms with E-state index in [-0.39, 0.29) is 24.0 Å². The lowest BCUT2D eigenvalue weighted by Crippen LogP contribution is -2.44.